The number of anilines is 1. The number of rotatable bonds is 3. The minimum Gasteiger partial charge on any atom is -0.478 e. The monoisotopic (exact) mass is 261 g/mol. The summed E-state index contributed by atoms with van der Waals surface area (Å²) < 4.78 is 0. The van der Waals surface area contributed by atoms with Crippen molar-refractivity contribution >= 4 is 29.3 Å². The number of amides is 2. The Morgan fingerprint density at radius 3 is 2.21 bits per heavy atom. The minimum atomic E-state index is -1.25. The van der Waals surface area contributed by atoms with Gasteiger partial charge in [0.05, 0.1) is 11.3 Å². The average Bonchev–Trinajstić information content (AvgIpc) is 2.68. The van der Waals surface area contributed by atoms with E-state index in [9.17, 15) is 19.2 Å². The zero-order valence-electron chi connectivity index (χ0n) is 10.2. The van der Waals surface area contributed by atoms with Gasteiger partial charge in [-0.2, -0.15) is 0 Å². The predicted octanol–water partition coefficient (Wildman–Crippen LogP) is 1.24. The lowest BCUT2D eigenvalue weighted by Crippen LogP contribution is -2.30. The van der Waals surface area contributed by atoms with Crippen molar-refractivity contribution in [3.8, 4) is 0 Å². The molecule has 0 unspecified atom stereocenters. The first-order valence-electron chi connectivity index (χ1n) is 5.66. The second-order valence-electron chi connectivity index (χ2n) is 4.22. The van der Waals surface area contributed by atoms with Gasteiger partial charge in [-0.15, -0.1) is 0 Å². The number of hydrogen-bond donors (Lipinski definition) is 1. The lowest BCUT2D eigenvalue weighted by atomic mass is 10.1. The number of aromatic carboxylic acids is 1. The van der Waals surface area contributed by atoms with E-state index in [-0.39, 0.29) is 35.4 Å². The molecule has 19 heavy (non-hydrogen) atoms. The van der Waals surface area contributed by atoms with Crippen molar-refractivity contribution in [1.82, 2.24) is 0 Å². The Morgan fingerprint density at radius 1 is 1.16 bits per heavy atom. The smallest absolute Gasteiger partial charge is 0.337 e. The molecule has 0 bridgehead atoms. The number of carbonyl (C=O) groups excluding carboxylic acids is 3. The highest BCUT2D eigenvalue weighted by Gasteiger charge is 2.33. The first-order chi connectivity index (χ1) is 8.91. The van der Waals surface area contributed by atoms with Crippen LogP contribution in [0.4, 0.5) is 5.69 Å². The zero-order chi connectivity index (χ0) is 14.2. The molecule has 1 saturated heterocycles. The Kier molecular flexibility index (Phi) is 3.16. The number of imide groups is 1. The lowest BCUT2D eigenvalue weighted by molar-refractivity contribution is -0.121. The van der Waals surface area contributed by atoms with Gasteiger partial charge in [0.15, 0.2) is 5.78 Å². The fourth-order valence-corrected chi connectivity index (χ4v) is 1.96. The number of Topliss-reactive ketones (excluding diaryl/α,β-unsaturated/α-hetero) is 1. The fourth-order valence-electron chi connectivity index (χ4n) is 1.96. The van der Waals surface area contributed by atoms with Crippen molar-refractivity contribution in [3.05, 3.63) is 29.3 Å². The predicted molar refractivity (Wildman–Crippen MR) is 65.1 cm³/mol. The molecule has 2 amide bonds. The molecule has 98 valence electrons. The van der Waals surface area contributed by atoms with Gasteiger partial charge in [0.2, 0.25) is 11.8 Å². The van der Waals surface area contributed by atoms with E-state index in [1.807, 2.05) is 0 Å². The molecule has 0 spiro atoms. The van der Waals surface area contributed by atoms with Crippen molar-refractivity contribution in [2.24, 2.45) is 0 Å². The van der Waals surface area contributed by atoms with Crippen molar-refractivity contribution in [1.29, 1.82) is 0 Å². The third kappa shape index (κ3) is 2.24. The summed E-state index contributed by atoms with van der Waals surface area (Å²) in [4.78, 5) is 46.6. The van der Waals surface area contributed by atoms with Crippen LogP contribution in [0.5, 0.6) is 0 Å². The quantitative estimate of drug-likeness (QED) is 0.652. The van der Waals surface area contributed by atoms with E-state index in [0.717, 1.165) is 4.90 Å². The highest BCUT2D eigenvalue weighted by atomic mass is 16.4. The van der Waals surface area contributed by atoms with Crippen molar-refractivity contribution in [3.63, 3.8) is 0 Å². The number of ketones is 1. The molecule has 2 rings (SSSR count). The Balaban J connectivity index is 2.61. The summed E-state index contributed by atoms with van der Waals surface area (Å²) in [5, 5.41) is 9.09. The molecule has 1 aromatic rings. The molecule has 1 N–H and O–H groups in total. The van der Waals surface area contributed by atoms with Crippen LogP contribution in [0.1, 0.15) is 40.5 Å². The highest BCUT2D eigenvalue weighted by Crippen LogP contribution is 2.28. The summed E-state index contributed by atoms with van der Waals surface area (Å²) in [7, 11) is 0. The maximum Gasteiger partial charge on any atom is 0.337 e. The molecule has 1 aliphatic heterocycles. The summed E-state index contributed by atoms with van der Waals surface area (Å²) in [6, 6.07) is 3.86. The van der Waals surface area contributed by atoms with Crippen LogP contribution in [-0.4, -0.2) is 28.7 Å². The van der Waals surface area contributed by atoms with E-state index in [0.29, 0.717) is 0 Å². The molecule has 1 fully saturated rings. The summed E-state index contributed by atoms with van der Waals surface area (Å²) in [5.41, 5.74) is 0.0498. The number of carboxylic acid groups (broad SMARTS) is 1. The number of carboxylic acids is 1. The SMILES string of the molecule is CC(=O)c1ccc(C(=O)O)c(N2C(=O)CCC2=O)c1. The molecule has 6 nitrogen and oxygen atoms in total. The van der Waals surface area contributed by atoms with Crippen LogP contribution in [0.2, 0.25) is 0 Å². The van der Waals surface area contributed by atoms with E-state index in [1.54, 1.807) is 0 Å². The normalized spacial score (nSPS) is 14.9. The van der Waals surface area contributed by atoms with Gasteiger partial charge in [0.1, 0.15) is 0 Å². The van der Waals surface area contributed by atoms with Crippen LogP contribution in [0.25, 0.3) is 0 Å². The standard InChI is InChI=1S/C13H11NO5/c1-7(15)8-2-3-9(13(18)19)10(6-8)14-11(16)4-5-12(14)17/h2-3,6H,4-5H2,1H3,(H,18,19). The number of carbonyl (C=O) groups is 4. The molecule has 1 heterocycles. The molecular weight excluding hydrogens is 250 g/mol. The second kappa shape index (κ2) is 4.64. The molecule has 0 aromatic heterocycles. The van der Waals surface area contributed by atoms with Gasteiger partial charge < -0.3 is 5.11 Å². The maximum absolute atomic E-state index is 11.7. The van der Waals surface area contributed by atoms with Gasteiger partial charge in [0, 0.05) is 18.4 Å². The van der Waals surface area contributed by atoms with E-state index in [4.69, 9.17) is 5.11 Å². The van der Waals surface area contributed by atoms with Crippen LogP contribution >= 0.6 is 0 Å². The average molecular weight is 261 g/mol. The largest absolute Gasteiger partial charge is 0.478 e. The topological polar surface area (TPSA) is 91.8 Å². The van der Waals surface area contributed by atoms with Crippen LogP contribution in [-0.2, 0) is 9.59 Å². The first kappa shape index (κ1) is 12.9. The van der Waals surface area contributed by atoms with E-state index in [2.05, 4.69) is 0 Å². The van der Waals surface area contributed by atoms with Gasteiger partial charge >= 0.3 is 5.97 Å². The molecule has 0 saturated carbocycles. The van der Waals surface area contributed by atoms with E-state index >= 15 is 0 Å². The van der Waals surface area contributed by atoms with E-state index in [1.165, 1.54) is 25.1 Å². The van der Waals surface area contributed by atoms with Crippen LogP contribution in [0.15, 0.2) is 18.2 Å². The molecule has 1 aromatic carbocycles. The summed E-state index contributed by atoms with van der Waals surface area (Å²) in [6.07, 6.45) is 0.115. The van der Waals surface area contributed by atoms with Gasteiger partial charge in [0.25, 0.3) is 0 Å². The summed E-state index contributed by atoms with van der Waals surface area (Å²) >= 11 is 0. The third-order valence-electron chi connectivity index (χ3n) is 2.93. The van der Waals surface area contributed by atoms with Crippen LogP contribution < -0.4 is 4.90 Å². The molecule has 1 aliphatic rings. The number of benzene rings is 1. The van der Waals surface area contributed by atoms with Crippen molar-refractivity contribution in [2.45, 2.75) is 19.8 Å². The highest BCUT2D eigenvalue weighted by molar-refractivity contribution is 6.22. The second-order valence-corrected chi connectivity index (χ2v) is 4.22. The van der Waals surface area contributed by atoms with Gasteiger partial charge in [-0.25, -0.2) is 9.69 Å². The van der Waals surface area contributed by atoms with Crippen molar-refractivity contribution < 1.29 is 24.3 Å². The molecule has 0 radical (unpaired) electrons. The molecular formula is C13H11NO5. The van der Waals surface area contributed by atoms with Gasteiger partial charge in [-0.05, 0) is 19.1 Å². The third-order valence-corrected chi connectivity index (χ3v) is 2.93. The Bertz CT molecular complexity index is 589. The first-order valence-corrected chi connectivity index (χ1v) is 5.66. The Labute approximate surface area is 108 Å². The fraction of sp³-hybridized carbons (Fsp3) is 0.231. The molecule has 0 aliphatic carbocycles. The Morgan fingerprint density at radius 2 is 1.74 bits per heavy atom. The van der Waals surface area contributed by atoms with E-state index < -0.39 is 17.8 Å². The van der Waals surface area contributed by atoms with Crippen LogP contribution in [0, 0.1) is 0 Å². The molecule has 0 atom stereocenters. The number of hydrogen-bond acceptors (Lipinski definition) is 4. The summed E-state index contributed by atoms with van der Waals surface area (Å²) in [6.45, 7) is 1.33. The van der Waals surface area contributed by atoms with Crippen LogP contribution in [0.3, 0.4) is 0 Å². The zero-order valence-corrected chi connectivity index (χ0v) is 10.2. The lowest BCUT2D eigenvalue weighted by Gasteiger charge is -2.17. The Hall–Kier alpha value is -2.50. The van der Waals surface area contributed by atoms with Gasteiger partial charge in [-0.3, -0.25) is 14.4 Å². The summed E-state index contributed by atoms with van der Waals surface area (Å²) in [5.74, 6) is -2.42. The molecule has 6 heteroatoms. The van der Waals surface area contributed by atoms with Crippen molar-refractivity contribution in [2.75, 3.05) is 4.90 Å². The maximum atomic E-state index is 11.7. The van der Waals surface area contributed by atoms with Gasteiger partial charge in [-0.1, -0.05) is 6.07 Å². The number of nitrogens with zero attached hydrogens (tertiary/aromatic N) is 1. The minimum absolute atomic E-state index is 0.0345.